The lowest BCUT2D eigenvalue weighted by molar-refractivity contribution is 0.354. The summed E-state index contributed by atoms with van der Waals surface area (Å²) in [6.45, 7) is 10.2. The van der Waals surface area contributed by atoms with Crippen molar-refractivity contribution in [3.8, 4) is 0 Å². The van der Waals surface area contributed by atoms with Gasteiger partial charge in [-0.2, -0.15) is 11.8 Å². The molecule has 0 saturated heterocycles. The maximum atomic E-state index is 3.54. The SMILES string of the molecule is CSCCC(C)NCC(C)(C)C. The van der Waals surface area contributed by atoms with Crippen LogP contribution in [-0.4, -0.2) is 24.6 Å². The number of hydrogen-bond acceptors (Lipinski definition) is 2. The third-order valence-electron chi connectivity index (χ3n) is 1.74. The Balaban J connectivity index is 3.37. The Morgan fingerprint density at radius 2 is 1.92 bits per heavy atom. The van der Waals surface area contributed by atoms with Crippen molar-refractivity contribution in [1.82, 2.24) is 5.32 Å². The molecule has 0 fully saturated rings. The maximum absolute atomic E-state index is 3.54. The normalized spacial score (nSPS) is 14.8. The summed E-state index contributed by atoms with van der Waals surface area (Å²) in [5.74, 6) is 1.26. The summed E-state index contributed by atoms with van der Waals surface area (Å²) in [6, 6.07) is 0.664. The van der Waals surface area contributed by atoms with Crippen molar-refractivity contribution in [3.05, 3.63) is 0 Å². The summed E-state index contributed by atoms with van der Waals surface area (Å²) in [5, 5.41) is 3.54. The second-order valence-corrected chi connectivity index (χ2v) is 5.61. The first-order valence-electron chi connectivity index (χ1n) is 4.68. The average Bonchev–Trinajstić information content (AvgIpc) is 1.95. The highest BCUT2D eigenvalue weighted by Crippen LogP contribution is 2.11. The third kappa shape index (κ3) is 8.41. The summed E-state index contributed by atoms with van der Waals surface area (Å²) in [6.07, 6.45) is 3.44. The van der Waals surface area contributed by atoms with Crippen molar-refractivity contribution in [2.24, 2.45) is 5.41 Å². The molecule has 0 saturated carbocycles. The molecule has 1 N–H and O–H groups in total. The number of hydrogen-bond donors (Lipinski definition) is 1. The first-order valence-corrected chi connectivity index (χ1v) is 6.07. The summed E-state index contributed by atoms with van der Waals surface area (Å²) >= 11 is 1.92. The Bertz CT molecular complexity index is 107. The smallest absolute Gasteiger partial charge is 0.00468 e. The molecule has 74 valence electrons. The van der Waals surface area contributed by atoms with Crippen molar-refractivity contribution in [3.63, 3.8) is 0 Å². The molecule has 0 amide bonds. The molecule has 0 aromatic rings. The van der Waals surface area contributed by atoms with E-state index in [9.17, 15) is 0 Å². The van der Waals surface area contributed by atoms with Crippen molar-refractivity contribution in [2.45, 2.75) is 40.2 Å². The van der Waals surface area contributed by atoms with Crippen LogP contribution in [0.2, 0.25) is 0 Å². The molecule has 0 aliphatic heterocycles. The average molecular weight is 189 g/mol. The van der Waals surface area contributed by atoms with E-state index >= 15 is 0 Å². The highest BCUT2D eigenvalue weighted by Gasteiger charge is 2.10. The molecule has 0 spiro atoms. The molecule has 0 rings (SSSR count). The minimum atomic E-state index is 0.410. The van der Waals surface area contributed by atoms with Crippen LogP contribution in [-0.2, 0) is 0 Å². The molecule has 0 aliphatic rings. The largest absolute Gasteiger partial charge is 0.314 e. The van der Waals surface area contributed by atoms with Gasteiger partial charge in [-0.15, -0.1) is 0 Å². The zero-order valence-corrected chi connectivity index (χ0v) is 9.92. The van der Waals surface area contributed by atoms with Crippen LogP contribution < -0.4 is 5.32 Å². The zero-order chi connectivity index (χ0) is 9.61. The fourth-order valence-electron chi connectivity index (χ4n) is 0.877. The van der Waals surface area contributed by atoms with Gasteiger partial charge in [0.1, 0.15) is 0 Å². The van der Waals surface area contributed by atoms with E-state index in [0.29, 0.717) is 11.5 Å². The van der Waals surface area contributed by atoms with E-state index in [-0.39, 0.29) is 0 Å². The third-order valence-corrected chi connectivity index (χ3v) is 2.38. The minimum Gasteiger partial charge on any atom is -0.314 e. The maximum Gasteiger partial charge on any atom is 0.00468 e. The molecule has 1 nitrogen and oxygen atoms in total. The van der Waals surface area contributed by atoms with Crippen LogP contribution in [0.4, 0.5) is 0 Å². The highest BCUT2D eigenvalue weighted by atomic mass is 32.2. The van der Waals surface area contributed by atoms with E-state index in [0.717, 1.165) is 6.54 Å². The molecule has 0 heterocycles. The Kier molecular flexibility index (Phi) is 6.02. The number of nitrogens with one attached hydrogen (secondary N) is 1. The Hall–Kier alpha value is 0.310. The van der Waals surface area contributed by atoms with Crippen molar-refractivity contribution >= 4 is 11.8 Å². The predicted molar refractivity (Wildman–Crippen MR) is 59.9 cm³/mol. The number of thioether (sulfide) groups is 1. The van der Waals surface area contributed by atoms with Crippen LogP contribution in [0.25, 0.3) is 0 Å². The molecule has 0 aromatic heterocycles. The second kappa shape index (κ2) is 5.87. The van der Waals surface area contributed by atoms with E-state index in [1.54, 1.807) is 0 Å². The van der Waals surface area contributed by atoms with Crippen LogP contribution >= 0.6 is 11.8 Å². The summed E-state index contributed by atoms with van der Waals surface area (Å²) < 4.78 is 0. The van der Waals surface area contributed by atoms with E-state index in [4.69, 9.17) is 0 Å². The first-order chi connectivity index (χ1) is 5.45. The quantitative estimate of drug-likeness (QED) is 0.714. The van der Waals surface area contributed by atoms with Crippen molar-refractivity contribution < 1.29 is 0 Å². The van der Waals surface area contributed by atoms with Crippen molar-refractivity contribution in [1.29, 1.82) is 0 Å². The minimum absolute atomic E-state index is 0.410. The summed E-state index contributed by atoms with van der Waals surface area (Å²) in [5.41, 5.74) is 0.410. The van der Waals surface area contributed by atoms with Crippen LogP contribution in [0, 0.1) is 5.41 Å². The van der Waals surface area contributed by atoms with E-state index < -0.39 is 0 Å². The lowest BCUT2D eigenvalue weighted by Crippen LogP contribution is -2.34. The van der Waals surface area contributed by atoms with Crippen molar-refractivity contribution in [2.75, 3.05) is 18.6 Å². The molecule has 12 heavy (non-hydrogen) atoms. The lowest BCUT2D eigenvalue weighted by Gasteiger charge is -2.22. The van der Waals surface area contributed by atoms with Gasteiger partial charge in [0.25, 0.3) is 0 Å². The first kappa shape index (κ1) is 12.3. The molecule has 0 radical (unpaired) electrons. The summed E-state index contributed by atoms with van der Waals surface area (Å²) in [4.78, 5) is 0. The van der Waals surface area contributed by atoms with E-state index in [1.165, 1.54) is 12.2 Å². The Morgan fingerprint density at radius 3 is 2.33 bits per heavy atom. The molecule has 1 atom stereocenters. The van der Waals surface area contributed by atoms with Gasteiger partial charge >= 0.3 is 0 Å². The molecular weight excluding hydrogens is 166 g/mol. The van der Waals surface area contributed by atoms with Gasteiger partial charge in [-0.3, -0.25) is 0 Å². The lowest BCUT2D eigenvalue weighted by atomic mass is 9.96. The van der Waals surface area contributed by atoms with Crippen LogP contribution in [0.15, 0.2) is 0 Å². The van der Waals surface area contributed by atoms with E-state index in [2.05, 4.69) is 39.3 Å². The van der Waals surface area contributed by atoms with Gasteiger partial charge in [0.15, 0.2) is 0 Å². The molecule has 0 aromatic carbocycles. The summed E-state index contributed by atoms with van der Waals surface area (Å²) in [7, 11) is 0. The standard InChI is InChI=1S/C10H23NS/c1-9(6-7-12-5)11-8-10(2,3)4/h9,11H,6-8H2,1-5H3. The molecule has 0 aliphatic carbocycles. The number of rotatable bonds is 5. The van der Waals surface area contributed by atoms with Gasteiger partial charge in [-0.1, -0.05) is 20.8 Å². The molecule has 0 bridgehead atoms. The predicted octanol–water partition coefficient (Wildman–Crippen LogP) is 2.76. The van der Waals surface area contributed by atoms with Crippen LogP contribution in [0.5, 0.6) is 0 Å². The molecule has 1 unspecified atom stereocenters. The molecular formula is C10H23NS. The second-order valence-electron chi connectivity index (χ2n) is 4.62. The Labute approximate surface area is 81.7 Å². The monoisotopic (exact) mass is 189 g/mol. The highest BCUT2D eigenvalue weighted by molar-refractivity contribution is 7.98. The molecule has 2 heteroatoms. The van der Waals surface area contributed by atoms with Gasteiger partial charge in [0.2, 0.25) is 0 Å². The van der Waals surface area contributed by atoms with Gasteiger partial charge < -0.3 is 5.32 Å². The van der Waals surface area contributed by atoms with Gasteiger partial charge in [-0.05, 0) is 30.8 Å². The van der Waals surface area contributed by atoms with E-state index in [1.807, 2.05) is 11.8 Å². The fraction of sp³-hybridized carbons (Fsp3) is 1.00. The van der Waals surface area contributed by atoms with Gasteiger partial charge in [0.05, 0.1) is 0 Å². The topological polar surface area (TPSA) is 12.0 Å². The van der Waals surface area contributed by atoms with Gasteiger partial charge in [0, 0.05) is 12.6 Å². The zero-order valence-electron chi connectivity index (χ0n) is 9.11. The Morgan fingerprint density at radius 1 is 1.33 bits per heavy atom. The van der Waals surface area contributed by atoms with Gasteiger partial charge in [-0.25, -0.2) is 0 Å². The van der Waals surface area contributed by atoms with Crippen LogP contribution in [0.1, 0.15) is 34.1 Å². The van der Waals surface area contributed by atoms with Crippen LogP contribution in [0.3, 0.4) is 0 Å². The fourth-order valence-corrected chi connectivity index (χ4v) is 1.47.